The van der Waals surface area contributed by atoms with Crippen LogP contribution in [0.25, 0.3) is 0 Å². The van der Waals surface area contributed by atoms with Gasteiger partial charge in [-0.25, -0.2) is 5.01 Å². The number of hydrogen-bond acceptors (Lipinski definition) is 3. The summed E-state index contributed by atoms with van der Waals surface area (Å²) in [6.07, 6.45) is 3.73. The van der Waals surface area contributed by atoms with Crippen LogP contribution in [0, 0.1) is 5.92 Å². The van der Waals surface area contributed by atoms with E-state index in [2.05, 4.69) is 16.9 Å². The van der Waals surface area contributed by atoms with E-state index in [0.29, 0.717) is 11.1 Å². The minimum Gasteiger partial charge on any atom is -0.299 e. The molecule has 1 amide bonds. The number of carbonyl (C=O) groups excluding carboxylic acids is 1. The molecule has 22 heavy (non-hydrogen) atoms. The summed E-state index contributed by atoms with van der Waals surface area (Å²) in [6.45, 7) is 6.04. The Morgan fingerprint density at radius 2 is 2.18 bits per heavy atom. The average molecular weight is 320 g/mol. The Morgan fingerprint density at radius 3 is 2.91 bits per heavy atom. The molecule has 3 rings (SSSR count). The van der Waals surface area contributed by atoms with Gasteiger partial charge in [0.2, 0.25) is 0 Å². The van der Waals surface area contributed by atoms with Gasteiger partial charge in [-0.1, -0.05) is 24.1 Å². The molecule has 0 aromatic heterocycles. The number of halogens is 1. The zero-order chi connectivity index (χ0) is 15.7. The lowest BCUT2D eigenvalue weighted by Crippen LogP contribution is -2.44. The number of likely N-dealkylation sites (tertiary alicyclic amines) is 1. The first-order valence-electron chi connectivity index (χ1n) is 7.95. The number of piperidine rings is 1. The van der Waals surface area contributed by atoms with Gasteiger partial charge >= 0.3 is 0 Å². The van der Waals surface area contributed by atoms with Crippen molar-refractivity contribution < 1.29 is 4.79 Å². The molecule has 1 aromatic carbocycles. The second-order valence-electron chi connectivity index (χ2n) is 6.26. The molecule has 118 valence electrons. The summed E-state index contributed by atoms with van der Waals surface area (Å²) in [5.41, 5.74) is 1.63. The Morgan fingerprint density at radius 1 is 1.36 bits per heavy atom. The smallest absolute Gasteiger partial charge is 0.257 e. The molecular weight excluding hydrogens is 298 g/mol. The largest absolute Gasteiger partial charge is 0.299 e. The lowest BCUT2D eigenvalue weighted by atomic mass is 9.98. The van der Waals surface area contributed by atoms with E-state index in [1.807, 2.05) is 19.1 Å². The first-order chi connectivity index (χ1) is 10.6. The number of benzene rings is 1. The molecule has 1 fully saturated rings. The van der Waals surface area contributed by atoms with E-state index in [9.17, 15) is 4.79 Å². The number of rotatable bonds is 3. The van der Waals surface area contributed by atoms with Crippen molar-refractivity contribution in [1.82, 2.24) is 4.90 Å². The maximum absolute atomic E-state index is 12.7. The summed E-state index contributed by atoms with van der Waals surface area (Å²) in [7, 11) is 0. The van der Waals surface area contributed by atoms with Gasteiger partial charge in [0.15, 0.2) is 0 Å². The van der Waals surface area contributed by atoms with Gasteiger partial charge < -0.3 is 0 Å². The molecule has 0 aliphatic carbocycles. The van der Waals surface area contributed by atoms with Crippen LogP contribution in [-0.2, 0) is 4.79 Å². The van der Waals surface area contributed by atoms with E-state index in [1.165, 1.54) is 24.3 Å². The highest BCUT2D eigenvalue weighted by Crippen LogP contribution is 2.28. The van der Waals surface area contributed by atoms with Crippen molar-refractivity contribution in [3.8, 4) is 0 Å². The van der Waals surface area contributed by atoms with Crippen LogP contribution < -0.4 is 5.01 Å². The normalized spacial score (nSPS) is 26.4. The number of anilines is 1. The van der Waals surface area contributed by atoms with Gasteiger partial charge in [0, 0.05) is 23.3 Å². The van der Waals surface area contributed by atoms with Gasteiger partial charge in [-0.15, -0.1) is 0 Å². The maximum atomic E-state index is 12.7. The minimum atomic E-state index is -0.139. The lowest BCUT2D eigenvalue weighted by molar-refractivity contribution is -0.120. The summed E-state index contributed by atoms with van der Waals surface area (Å²) in [6, 6.07) is 7.84. The predicted octanol–water partition coefficient (Wildman–Crippen LogP) is 3.55. The Balaban J connectivity index is 1.75. The van der Waals surface area contributed by atoms with Crippen molar-refractivity contribution in [2.24, 2.45) is 11.0 Å². The highest BCUT2D eigenvalue weighted by atomic mass is 35.5. The summed E-state index contributed by atoms with van der Waals surface area (Å²) >= 11 is 6.02. The first kappa shape index (κ1) is 15.5. The fourth-order valence-electron chi connectivity index (χ4n) is 3.27. The van der Waals surface area contributed by atoms with Gasteiger partial charge in [-0.2, -0.15) is 5.10 Å². The fraction of sp³-hybridized carbons (Fsp3) is 0.529. The van der Waals surface area contributed by atoms with Crippen molar-refractivity contribution in [1.29, 1.82) is 0 Å². The van der Waals surface area contributed by atoms with E-state index in [0.717, 1.165) is 24.5 Å². The molecule has 0 saturated carbocycles. The topological polar surface area (TPSA) is 35.9 Å². The Kier molecular flexibility index (Phi) is 4.50. The van der Waals surface area contributed by atoms with Gasteiger partial charge in [0.05, 0.1) is 11.6 Å². The van der Waals surface area contributed by atoms with Crippen LogP contribution >= 0.6 is 11.6 Å². The molecule has 0 spiro atoms. The van der Waals surface area contributed by atoms with E-state index in [-0.39, 0.29) is 11.8 Å². The van der Waals surface area contributed by atoms with Crippen LogP contribution in [0.1, 0.15) is 33.1 Å². The zero-order valence-corrected chi connectivity index (χ0v) is 13.9. The van der Waals surface area contributed by atoms with Crippen molar-refractivity contribution in [3.05, 3.63) is 29.3 Å². The van der Waals surface area contributed by atoms with Gasteiger partial charge in [-0.05, 0) is 51.4 Å². The van der Waals surface area contributed by atoms with Crippen LogP contribution in [0.4, 0.5) is 5.69 Å². The number of nitrogens with zero attached hydrogens (tertiary/aromatic N) is 3. The fourth-order valence-corrected chi connectivity index (χ4v) is 3.45. The third-order valence-electron chi connectivity index (χ3n) is 4.68. The summed E-state index contributed by atoms with van der Waals surface area (Å²) in [4.78, 5) is 15.2. The zero-order valence-electron chi connectivity index (χ0n) is 13.1. The van der Waals surface area contributed by atoms with E-state index in [1.54, 1.807) is 12.1 Å². The second kappa shape index (κ2) is 6.39. The van der Waals surface area contributed by atoms with Gasteiger partial charge in [0.25, 0.3) is 5.91 Å². The highest BCUT2D eigenvalue weighted by Gasteiger charge is 2.36. The van der Waals surface area contributed by atoms with E-state index >= 15 is 0 Å². The Bertz CT molecular complexity index is 601. The molecule has 0 N–H and O–H groups in total. The predicted molar refractivity (Wildman–Crippen MR) is 90.4 cm³/mol. The van der Waals surface area contributed by atoms with Crippen molar-refractivity contribution >= 4 is 28.9 Å². The summed E-state index contributed by atoms with van der Waals surface area (Å²) < 4.78 is 0. The Hall–Kier alpha value is -1.39. The van der Waals surface area contributed by atoms with Crippen molar-refractivity contribution in [3.63, 3.8) is 0 Å². The standard InChI is InChI=1S/C17H22ClN3O/c1-12-6-3-4-9-20(12)11-16-13(2)19-21(17(16)22)15-8-5-7-14(18)10-15/h5,7-8,10,12,16H,3-4,6,9,11H2,1-2H3. The minimum absolute atomic E-state index is 0.0533. The highest BCUT2D eigenvalue weighted by molar-refractivity contribution is 6.31. The van der Waals surface area contributed by atoms with E-state index in [4.69, 9.17) is 11.6 Å². The molecule has 0 radical (unpaired) electrons. The van der Waals surface area contributed by atoms with Gasteiger partial charge in [0.1, 0.15) is 0 Å². The number of hydrazone groups is 1. The molecule has 1 aromatic rings. The number of hydrogen-bond donors (Lipinski definition) is 0. The molecule has 1 saturated heterocycles. The average Bonchev–Trinajstić information content (AvgIpc) is 2.77. The third-order valence-corrected chi connectivity index (χ3v) is 4.91. The molecular formula is C17H22ClN3O. The molecule has 5 heteroatoms. The second-order valence-corrected chi connectivity index (χ2v) is 6.70. The summed E-state index contributed by atoms with van der Waals surface area (Å²) in [5.74, 6) is -0.0860. The molecule has 4 nitrogen and oxygen atoms in total. The molecule has 2 unspecified atom stereocenters. The first-order valence-corrected chi connectivity index (χ1v) is 8.33. The van der Waals surface area contributed by atoms with Crippen molar-refractivity contribution in [2.75, 3.05) is 18.1 Å². The van der Waals surface area contributed by atoms with Crippen LogP contribution in [-0.4, -0.2) is 35.7 Å². The van der Waals surface area contributed by atoms with Crippen LogP contribution in [0.2, 0.25) is 5.02 Å². The van der Waals surface area contributed by atoms with E-state index < -0.39 is 0 Å². The molecule has 2 aliphatic heterocycles. The van der Waals surface area contributed by atoms with Crippen LogP contribution in [0.5, 0.6) is 0 Å². The third kappa shape index (κ3) is 3.03. The molecule has 0 bridgehead atoms. The molecule has 2 atom stereocenters. The van der Waals surface area contributed by atoms with Crippen LogP contribution in [0.3, 0.4) is 0 Å². The quantitative estimate of drug-likeness (QED) is 0.854. The van der Waals surface area contributed by atoms with Crippen molar-refractivity contribution in [2.45, 2.75) is 39.2 Å². The Labute approximate surface area is 136 Å². The number of amides is 1. The maximum Gasteiger partial charge on any atom is 0.257 e. The van der Waals surface area contributed by atoms with Crippen LogP contribution in [0.15, 0.2) is 29.4 Å². The monoisotopic (exact) mass is 319 g/mol. The SMILES string of the molecule is CC1=NN(c2cccc(Cl)c2)C(=O)C1CN1CCCCC1C. The van der Waals surface area contributed by atoms with Gasteiger partial charge in [-0.3, -0.25) is 9.69 Å². The lowest BCUT2D eigenvalue weighted by Gasteiger charge is -2.34. The summed E-state index contributed by atoms with van der Waals surface area (Å²) in [5, 5.41) is 6.59. The molecule has 2 heterocycles. The molecule has 2 aliphatic rings. The number of carbonyl (C=O) groups is 1.